The van der Waals surface area contributed by atoms with E-state index in [0.29, 0.717) is 23.3 Å². The number of carbonyl (C=O) groups excluding carboxylic acids is 1. The lowest BCUT2D eigenvalue weighted by Gasteiger charge is -2.12. The number of fused-ring (bicyclic) bond motifs is 1. The van der Waals surface area contributed by atoms with E-state index in [1.54, 1.807) is 37.6 Å². The van der Waals surface area contributed by atoms with Gasteiger partial charge in [-0.25, -0.2) is 9.97 Å². The van der Waals surface area contributed by atoms with Crippen molar-refractivity contribution in [2.45, 2.75) is 26.6 Å². The van der Waals surface area contributed by atoms with Crippen LogP contribution in [0.1, 0.15) is 17.0 Å². The van der Waals surface area contributed by atoms with Crippen molar-refractivity contribution in [1.29, 1.82) is 0 Å². The number of benzene rings is 2. The number of hydrogen-bond acceptors (Lipinski definition) is 4. The van der Waals surface area contributed by atoms with Gasteiger partial charge in [-0.15, -0.1) is 0 Å². The molecular weight excluding hydrogens is 366 g/mol. The number of aryl methyl sites for hydroxylation is 1. The van der Waals surface area contributed by atoms with Crippen molar-refractivity contribution in [2.75, 3.05) is 0 Å². The van der Waals surface area contributed by atoms with Gasteiger partial charge in [-0.3, -0.25) is 14.2 Å². The van der Waals surface area contributed by atoms with Crippen LogP contribution >= 0.6 is 0 Å². The van der Waals surface area contributed by atoms with E-state index >= 15 is 0 Å². The van der Waals surface area contributed by atoms with Crippen LogP contribution in [0.5, 0.6) is 0 Å². The number of rotatable bonds is 6. The first-order chi connectivity index (χ1) is 14.1. The number of imidazole rings is 1. The molecule has 7 heteroatoms. The molecule has 2 aromatic carbocycles. The summed E-state index contributed by atoms with van der Waals surface area (Å²) in [5.41, 5.74) is 2.56. The molecule has 0 aliphatic rings. The Balaban J connectivity index is 1.43. The highest BCUT2D eigenvalue weighted by atomic mass is 16.2. The molecule has 0 saturated heterocycles. The van der Waals surface area contributed by atoms with Crippen LogP contribution < -0.4 is 10.9 Å². The molecule has 0 unspecified atom stereocenters. The molecule has 0 bridgehead atoms. The highest BCUT2D eigenvalue weighted by Gasteiger charge is 2.11. The molecule has 2 heterocycles. The normalized spacial score (nSPS) is 10.9. The van der Waals surface area contributed by atoms with Gasteiger partial charge in [0, 0.05) is 25.5 Å². The summed E-state index contributed by atoms with van der Waals surface area (Å²) in [6, 6.07) is 15.2. The Morgan fingerprint density at radius 1 is 1.10 bits per heavy atom. The molecule has 0 radical (unpaired) electrons. The lowest BCUT2D eigenvalue weighted by molar-refractivity contribution is -0.121. The van der Waals surface area contributed by atoms with Crippen molar-refractivity contribution in [1.82, 2.24) is 24.4 Å². The molecule has 4 rings (SSSR count). The fourth-order valence-corrected chi connectivity index (χ4v) is 3.29. The standard InChI is InChI=1S/C22H21N5O2/c1-16-25-20-8-3-2-7-19(20)22(29)27(16)14-21(28)24-12-17-5-4-6-18(11-17)13-26-10-9-23-15-26/h2-11,15H,12-14H2,1H3,(H,24,28). The summed E-state index contributed by atoms with van der Waals surface area (Å²) in [5.74, 6) is 0.290. The van der Waals surface area contributed by atoms with Crippen LogP contribution in [0.25, 0.3) is 10.9 Å². The molecule has 0 fully saturated rings. The molecular formula is C22H21N5O2. The Kier molecular flexibility index (Phi) is 5.20. The molecule has 0 spiro atoms. The van der Waals surface area contributed by atoms with Crippen molar-refractivity contribution >= 4 is 16.8 Å². The lowest BCUT2D eigenvalue weighted by atomic mass is 10.1. The largest absolute Gasteiger partial charge is 0.350 e. The summed E-state index contributed by atoms with van der Waals surface area (Å²) in [6.45, 7) is 2.79. The summed E-state index contributed by atoms with van der Waals surface area (Å²) in [4.78, 5) is 33.6. The Labute approximate surface area is 167 Å². The average Bonchev–Trinajstić information content (AvgIpc) is 3.23. The minimum Gasteiger partial charge on any atom is -0.350 e. The van der Waals surface area contributed by atoms with Crippen LogP contribution in [0, 0.1) is 6.92 Å². The highest BCUT2D eigenvalue weighted by Crippen LogP contribution is 2.09. The summed E-state index contributed by atoms with van der Waals surface area (Å²) in [6.07, 6.45) is 5.42. The zero-order chi connectivity index (χ0) is 20.2. The number of nitrogens with one attached hydrogen (secondary N) is 1. The highest BCUT2D eigenvalue weighted by molar-refractivity contribution is 5.79. The minimum atomic E-state index is -0.229. The zero-order valence-electron chi connectivity index (χ0n) is 16.1. The second kappa shape index (κ2) is 8.10. The Morgan fingerprint density at radius 3 is 2.76 bits per heavy atom. The van der Waals surface area contributed by atoms with Gasteiger partial charge in [-0.05, 0) is 30.2 Å². The summed E-state index contributed by atoms with van der Waals surface area (Å²) < 4.78 is 3.40. The maximum atomic E-state index is 12.7. The van der Waals surface area contributed by atoms with Crippen molar-refractivity contribution in [3.05, 3.63) is 94.6 Å². The molecule has 29 heavy (non-hydrogen) atoms. The first kappa shape index (κ1) is 18.6. The molecule has 0 aliphatic carbocycles. The SMILES string of the molecule is Cc1nc2ccccc2c(=O)n1CC(=O)NCc1cccc(Cn2ccnc2)c1. The predicted molar refractivity (Wildman–Crippen MR) is 110 cm³/mol. The van der Waals surface area contributed by atoms with Crippen LogP contribution in [0.4, 0.5) is 0 Å². The summed E-state index contributed by atoms with van der Waals surface area (Å²) >= 11 is 0. The molecule has 1 amide bonds. The number of nitrogens with zero attached hydrogens (tertiary/aromatic N) is 4. The van der Waals surface area contributed by atoms with E-state index in [1.807, 2.05) is 35.0 Å². The molecule has 0 atom stereocenters. The van der Waals surface area contributed by atoms with E-state index < -0.39 is 0 Å². The first-order valence-corrected chi connectivity index (χ1v) is 9.36. The average molecular weight is 387 g/mol. The summed E-state index contributed by atoms with van der Waals surface area (Å²) in [5, 5.41) is 3.40. The second-order valence-electron chi connectivity index (χ2n) is 6.90. The number of para-hydroxylation sites is 1. The van der Waals surface area contributed by atoms with E-state index in [2.05, 4.69) is 21.4 Å². The van der Waals surface area contributed by atoms with Gasteiger partial charge in [-0.1, -0.05) is 36.4 Å². The topological polar surface area (TPSA) is 81.8 Å². The molecule has 2 aromatic heterocycles. The Hall–Kier alpha value is -3.74. The van der Waals surface area contributed by atoms with Gasteiger partial charge in [0.2, 0.25) is 5.91 Å². The second-order valence-corrected chi connectivity index (χ2v) is 6.90. The molecule has 146 valence electrons. The fraction of sp³-hybridized carbons (Fsp3) is 0.182. The third kappa shape index (κ3) is 4.24. The molecule has 0 aliphatic heterocycles. The maximum Gasteiger partial charge on any atom is 0.261 e. The van der Waals surface area contributed by atoms with Crippen molar-refractivity contribution < 1.29 is 4.79 Å². The third-order valence-corrected chi connectivity index (χ3v) is 4.76. The van der Waals surface area contributed by atoms with E-state index in [9.17, 15) is 9.59 Å². The van der Waals surface area contributed by atoms with E-state index in [4.69, 9.17) is 0 Å². The zero-order valence-corrected chi connectivity index (χ0v) is 16.1. The summed E-state index contributed by atoms with van der Waals surface area (Å²) in [7, 11) is 0. The number of amides is 1. The maximum absolute atomic E-state index is 12.7. The molecule has 4 aromatic rings. The van der Waals surface area contributed by atoms with E-state index in [0.717, 1.165) is 17.7 Å². The van der Waals surface area contributed by atoms with Gasteiger partial charge >= 0.3 is 0 Å². The molecule has 1 N–H and O–H groups in total. The number of aromatic nitrogens is 4. The predicted octanol–water partition coefficient (Wildman–Crippen LogP) is 2.27. The monoisotopic (exact) mass is 387 g/mol. The molecule has 0 saturated carbocycles. The number of carbonyl (C=O) groups is 1. The third-order valence-electron chi connectivity index (χ3n) is 4.76. The molecule has 7 nitrogen and oxygen atoms in total. The van der Waals surface area contributed by atoms with Gasteiger partial charge in [0.25, 0.3) is 5.56 Å². The van der Waals surface area contributed by atoms with Crippen LogP contribution in [0.3, 0.4) is 0 Å². The van der Waals surface area contributed by atoms with Gasteiger partial charge in [-0.2, -0.15) is 0 Å². The van der Waals surface area contributed by atoms with Crippen LogP contribution in [0.15, 0.2) is 72.0 Å². The smallest absolute Gasteiger partial charge is 0.261 e. The quantitative estimate of drug-likeness (QED) is 0.550. The first-order valence-electron chi connectivity index (χ1n) is 9.36. The van der Waals surface area contributed by atoms with Crippen LogP contribution in [0.2, 0.25) is 0 Å². The van der Waals surface area contributed by atoms with Gasteiger partial charge < -0.3 is 9.88 Å². The Bertz CT molecular complexity index is 1210. The van der Waals surface area contributed by atoms with Crippen molar-refractivity contribution in [2.24, 2.45) is 0 Å². The van der Waals surface area contributed by atoms with E-state index in [-0.39, 0.29) is 18.0 Å². The van der Waals surface area contributed by atoms with Gasteiger partial charge in [0.15, 0.2) is 0 Å². The number of hydrogen-bond donors (Lipinski definition) is 1. The van der Waals surface area contributed by atoms with E-state index in [1.165, 1.54) is 4.57 Å². The lowest BCUT2D eigenvalue weighted by Crippen LogP contribution is -2.33. The van der Waals surface area contributed by atoms with Crippen molar-refractivity contribution in [3.63, 3.8) is 0 Å². The van der Waals surface area contributed by atoms with Crippen LogP contribution in [-0.2, 0) is 24.4 Å². The van der Waals surface area contributed by atoms with Gasteiger partial charge in [0.05, 0.1) is 17.2 Å². The van der Waals surface area contributed by atoms with Crippen LogP contribution in [-0.4, -0.2) is 25.0 Å². The van der Waals surface area contributed by atoms with Crippen molar-refractivity contribution in [3.8, 4) is 0 Å². The minimum absolute atomic E-state index is 0.0583. The fourth-order valence-electron chi connectivity index (χ4n) is 3.29. The Morgan fingerprint density at radius 2 is 1.93 bits per heavy atom. The van der Waals surface area contributed by atoms with Gasteiger partial charge in [0.1, 0.15) is 12.4 Å².